The summed E-state index contributed by atoms with van der Waals surface area (Å²) in [6, 6.07) is 14.3. The number of hydrogen-bond donors (Lipinski definition) is 1. The van der Waals surface area contributed by atoms with Crippen LogP contribution in [0.5, 0.6) is 0 Å². The highest BCUT2D eigenvalue weighted by molar-refractivity contribution is 6.35. The van der Waals surface area contributed by atoms with E-state index < -0.39 is 0 Å². The molecule has 0 aliphatic carbocycles. The Morgan fingerprint density at radius 3 is 2.52 bits per heavy atom. The number of para-hydroxylation sites is 1. The highest BCUT2D eigenvalue weighted by Crippen LogP contribution is 2.22. The zero-order chi connectivity index (χ0) is 15.7. The molecule has 0 aliphatic heterocycles. The van der Waals surface area contributed by atoms with E-state index in [-0.39, 0.29) is 24.0 Å². The van der Waals surface area contributed by atoms with Crippen LogP contribution >= 0.6 is 24.0 Å². The van der Waals surface area contributed by atoms with Crippen LogP contribution in [0.25, 0.3) is 16.6 Å². The maximum atomic E-state index is 13.0. The average Bonchev–Trinajstić information content (AvgIpc) is 2.54. The molecule has 6 heteroatoms. The minimum atomic E-state index is -0.323. The number of rotatable bonds is 3. The zero-order valence-corrected chi connectivity index (χ0v) is 14.1. The van der Waals surface area contributed by atoms with Crippen molar-refractivity contribution in [2.45, 2.75) is 19.4 Å². The second-order valence-electron chi connectivity index (χ2n) is 5.09. The molecule has 3 aromatic rings. The molecule has 0 unspecified atom stereocenters. The van der Waals surface area contributed by atoms with E-state index in [2.05, 4.69) is 4.98 Å². The molecule has 0 bridgehead atoms. The van der Waals surface area contributed by atoms with Crippen molar-refractivity contribution in [3.63, 3.8) is 0 Å². The van der Waals surface area contributed by atoms with Crippen molar-refractivity contribution in [3.05, 3.63) is 69.7 Å². The molecule has 1 aromatic heterocycles. The van der Waals surface area contributed by atoms with Crippen LogP contribution in [0, 0.1) is 0 Å². The Bertz CT molecular complexity index is 878. The SMILES string of the molecule is CC[C@H](N)c1nc2cccc(Cl)c2c(=O)n1-c1ccccc1.Cl. The first-order valence-corrected chi connectivity index (χ1v) is 7.53. The number of nitrogens with zero attached hydrogens (tertiary/aromatic N) is 2. The zero-order valence-electron chi connectivity index (χ0n) is 12.6. The van der Waals surface area contributed by atoms with Gasteiger partial charge < -0.3 is 5.73 Å². The second-order valence-corrected chi connectivity index (χ2v) is 5.50. The van der Waals surface area contributed by atoms with Crippen molar-refractivity contribution in [2.24, 2.45) is 5.73 Å². The Labute approximate surface area is 145 Å². The van der Waals surface area contributed by atoms with Gasteiger partial charge in [-0.2, -0.15) is 0 Å². The lowest BCUT2D eigenvalue weighted by molar-refractivity contribution is 0.623. The lowest BCUT2D eigenvalue weighted by Gasteiger charge is -2.17. The van der Waals surface area contributed by atoms with E-state index >= 15 is 0 Å². The first kappa shape index (κ1) is 17.5. The molecule has 1 heterocycles. The topological polar surface area (TPSA) is 60.9 Å². The maximum absolute atomic E-state index is 13.0. The quantitative estimate of drug-likeness (QED) is 0.780. The lowest BCUT2D eigenvalue weighted by Crippen LogP contribution is -2.28. The molecule has 4 nitrogen and oxygen atoms in total. The Hall–Kier alpha value is -1.88. The van der Waals surface area contributed by atoms with Gasteiger partial charge in [-0.1, -0.05) is 42.8 Å². The highest BCUT2D eigenvalue weighted by atomic mass is 35.5. The summed E-state index contributed by atoms with van der Waals surface area (Å²) in [5, 5.41) is 0.816. The molecule has 0 aliphatic rings. The van der Waals surface area contributed by atoms with Crippen molar-refractivity contribution in [1.82, 2.24) is 9.55 Å². The summed E-state index contributed by atoms with van der Waals surface area (Å²) in [7, 11) is 0. The van der Waals surface area contributed by atoms with E-state index in [1.165, 1.54) is 0 Å². The molecule has 0 radical (unpaired) electrons. The first-order chi connectivity index (χ1) is 10.6. The fourth-order valence-corrected chi connectivity index (χ4v) is 2.72. The third-order valence-electron chi connectivity index (χ3n) is 3.66. The molecule has 0 saturated carbocycles. The molecular weight excluding hydrogens is 333 g/mol. The van der Waals surface area contributed by atoms with Crippen LogP contribution in [0.4, 0.5) is 0 Å². The predicted octanol–water partition coefficient (Wildman–Crippen LogP) is 3.87. The summed E-state index contributed by atoms with van der Waals surface area (Å²) in [5.74, 6) is 0.550. The first-order valence-electron chi connectivity index (χ1n) is 7.15. The molecule has 0 spiro atoms. The van der Waals surface area contributed by atoms with E-state index in [9.17, 15) is 4.79 Å². The molecule has 0 fully saturated rings. The number of aromatic nitrogens is 2. The van der Waals surface area contributed by atoms with Crippen molar-refractivity contribution in [2.75, 3.05) is 0 Å². The standard InChI is InChI=1S/C17H16ClN3O.ClH/c1-2-13(19)16-20-14-10-6-9-12(18)15(14)17(22)21(16)11-7-4-3-5-8-11;/h3-10,13H,2,19H2,1H3;1H/t13-;/m0./s1. The fraction of sp³-hybridized carbons (Fsp3) is 0.176. The smallest absolute Gasteiger partial charge is 0.267 e. The highest BCUT2D eigenvalue weighted by Gasteiger charge is 2.18. The number of halogens is 2. The molecule has 0 amide bonds. The van der Waals surface area contributed by atoms with E-state index in [0.717, 1.165) is 5.69 Å². The largest absolute Gasteiger partial charge is 0.321 e. The van der Waals surface area contributed by atoms with Gasteiger partial charge in [0.2, 0.25) is 0 Å². The fourth-order valence-electron chi connectivity index (χ4n) is 2.46. The van der Waals surface area contributed by atoms with Crippen LogP contribution in [-0.2, 0) is 0 Å². The van der Waals surface area contributed by atoms with E-state index in [1.54, 1.807) is 22.8 Å². The van der Waals surface area contributed by atoms with E-state index in [0.29, 0.717) is 28.2 Å². The van der Waals surface area contributed by atoms with Gasteiger partial charge in [0.1, 0.15) is 5.82 Å². The van der Waals surface area contributed by atoms with Gasteiger partial charge in [-0.3, -0.25) is 9.36 Å². The van der Waals surface area contributed by atoms with Gasteiger partial charge >= 0.3 is 0 Å². The number of benzene rings is 2. The summed E-state index contributed by atoms with van der Waals surface area (Å²) >= 11 is 6.20. The predicted molar refractivity (Wildman–Crippen MR) is 96.8 cm³/mol. The number of hydrogen-bond acceptors (Lipinski definition) is 3. The van der Waals surface area contributed by atoms with Crippen LogP contribution < -0.4 is 11.3 Å². The maximum Gasteiger partial charge on any atom is 0.267 e. The van der Waals surface area contributed by atoms with Crippen molar-refractivity contribution in [3.8, 4) is 5.69 Å². The van der Waals surface area contributed by atoms with E-state index in [1.807, 2.05) is 37.3 Å². The Morgan fingerprint density at radius 2 is 1.87 bits per heavy atom. The third kappa shape index (κ3) is 3.11. The number of nitrogens with two attached hydrogens (primary N) is 1. The normalized spacial score (nSPS) is 12.0. The Balaban J connectivity index is 0.00000192. The number of fused-ring (bicyclic) bond motifs is 1. The molecule has 0 saturated heterocycles. The van der Waals surface area contributed by atoms with Crippen molar-refractivity contribution in [1.29, 1.82) is 0 Å². The summed E-state index contributed by atoms with van der Waals surface area (Å²) in [6.07, 6.45) is 0.686. The summed E-state index contributed by atoms with van der Waals surface area (Å²) in [4.78, 5) is 17.6. The van der Waals surface area contributed by atoms with Crippen LogP contribution in [0.15, 0.2) is 53.3 Å². The van der Waals surface area contributed by atoms with Crippen LogP contribution in [0.1, 0.15) is 25.2 Å². The lowest BCUT2D eigenvalue weighted by atomic mass is 10.1. The van der Waals surface area contributed by atoms with Crippen LogP contribution in [0.2, 0.25) is 5.02 Å². The Kier molecular flexibility index (Phi) is 5.42. The average molecular weight is 350 g/mol. The van der Waals surface area contributed by atoms with E-state index in [4.69, 9.17) is 17.3 Å². The molecule has 23 heavy (non-hydrogen) atoms. The van der Waals surface area contributed by atoms with Crippen LogP contribution in [0.3, 0.4) is 0 Å². The molecule has 3 rings (SSSR count). The van der Waals surface area contributed by atoms with Gasteiger partial charge in [0.15, 0.2) is 0 Å². The third-order valence-corrected chi connectivity index (χ3v) is 3.97. The van der Waals surface area contributed by atoms with Gasteiger partial charge in [0.25, 0.3) is 5.56 Å². The minimum absolute atomic E-state index is 0. The van der Waals surface area contributed by atoms with Gasteiger partial charge in [0, 0.05) is 0 Å². The monoisotopic (exact) mass is 349 g/mol. The molecule has 2 aromatic carbocycles. The van der Waals surface area contributed by atoms with Gasteiger partial charge in [-0.25, -0.2) is 4.98 Å². The van der Waals surface area contributed by atoms with Crippen LogP contribution in [-0.4, -0.2) is 9.55 Å². The molecule has 120 valence electrons. The molecular formula is C17H17Cl2N3O. The van der Waals surface area contributed by atoms with Gasteiger partial charge in [-0.05, 0) is 30.7 Å². The molecule has 1 atom stereocenters. The summed E-state index contributed by atoms with van der Waals surface area (Å²) in [6.45, 7) is 1.97. The van der Waals surface area contributed by atoms with Gasteiger partial charge in [-0.15, -0.1) is 12.4 Å². The summed E-state index contributed by atoms with van der Waals surface area (Å²) < 4.78 is 1.56. The summed E-state index contributed by atoms with van der Waals surface area (Å²) in [5.41, 5.74) is 7.29. The molecule has 2 N–H and O–H groups in total. The van der Waals surface area contributed by atoms with Gasteiger partial charge in [0.05, 0.1) is 27.7 Å². The van der Waals surface area contributed by atoms with Crippen molar-refractivity contribution < 1.29 is 0 Å². The minimum Gasteiger partial charge on any atom is -0.321 e. The second kappa shape index (κ2) is 7.13. The van der Waals surface area contributed by atoms with Crippen molar-refractivity contribution >= 4 is 34.9 Å². The Morgan fingerprint density at radius 1 is 1.17 bits per heavy atom.